The summed E-state index contributed by atoms with van der Waals surface area (Å²) in [5, 5.41) is 16.6. The molecular formula is C14H17N5. The van der Waals surface area contributed by atoms with Crippen LogP contribution in [0, 0.1) is 25.2 Å². The van der Waals surface area contributed by atoms with E-state index in [4.69, 9.17) is 11.0 Å². The van der Waals surface area contributed by atoms with E-state index < -0.39 is 0 Å². The second-order valence-corrected chi connectivity index (χ2v) is 4.51. The highest BCUT2D eigenvalue weighted by atomic mass is 15.3. The fourth-order valence-electron chi connectivity index (χ4n) is 2.07. The first kappa shape index (κ1) is 13.0. The van der Waals surface area contributed by atoms with Crippen LogP contribution in [0.5, 0.6) is 0 Å². The zero-order valence-electron chi connectivity index (χ0n) is 11.4. The van der Waals surface area contributed by atoms with Gasteiger partial charge in [-0.15, -0.1) is 0 Å². The minimum Gasteiger partial charge on any atom is -0.396 e. The molecule has 1 heterocycles. The molecule has 3 N–H and O–H groups in total. The lowest BCUT2D eigenvalue weighted by molar-refractivity contribution is 0.730. The van der Waals surface area contributed by atoms with Gasteiger partial charge in [0.1, 0.15) is 6.07 Å². The minimum absolute atomic E-state index is 0.490. The number of aryl methyl sites for hydroxylation is 2. The zero-order chi connectivity index (χ0) is 14.0. The Kier molecular flexibility index (Phi) is 3.43. The van der Waals surface area contributed by atoms with Gasteiger partial charge in [0.15, 0.2) is 0 Å². The van der Waals surface area contributed by atoms with Crippen LogP contribution in [0.2, 0.25) is 0 Å². The highest BCUT2D eigenvalue weighted by Gasteiger charge is 2.10. The van der Waals surface area contributed by atoms with Crippen LogP contribution in [0.25, 0.3) is 0 Å². The number of nitrogen functional groups attached to an aromatic ring is 1. The van der Waals surface area contributed by atoms with E-state index in [0.717, 1.165) is 22.6 Å². The van der Waals surface area contributed by atoms with Gasteiger partial charge in [0.2, 0.25) is 0 Å². The van der Waals surface area contributed by atoms with Gasteiger partial charge in [0.25, 0.3) is 0 Å². The lowest BCUT2D eigenvalue weighted by atomic mass is 10.1. The summed E-state index contributed by atoms with van der Waals surface area (Å²) in [5.41, 5.74) is 11.0. The predicted molar refractivity (Wildman–Crippen MR) is 75.6 cm³/mol. The van der Waals surface area contributed by atoms with E-state index in [-0.39, 0.29) is 0 Å². The summed E-state index contributed by atoms with van der Waals surface area (Å²) in [5.74, 6) is 0. The van der Waals surface area contributed by atoms with Crippen molar-refractivity contribution in [2.24, 2.45) is 7.05 Å². The van der Waals surface area contributed by atoms with E-state index in [9.17, 15) is 0 Å². The molecule has 2 aromatic rings. The van der Waals surface area contributed by atoms with E-state index in [1.54, 1.807) is 6.07 Å². The average molecular weight is 255 g/mol. The maximum atomic E-state index is 8.95. The van der Waals surface area contributed by atoms with Gasteiger partial charge in [-0.1, -0.05) is 6.07 Å². The third-order valence-electron chi connectivity index (χ3n) is 3.34. The molecule has 0 saturated carbocycles. The molecule has 0 atom stereocenters. The van der Waals surface area contributed by atoms with Gasteiger partial charge in [0, 0.05) is 24.8 Å². The summed E-state index contributed by atoms with van der Waals surface area (Å²) in [6.45, 7) is 4.66. The molecule has 0 spiro atoms. The van der Waals surface area contributed by atoms with Crippen LogP contribution >= 0.6 is 0 Å². The van der Waals surface area contributed by atoms with E-state index >= 15 is 0 Å². The topological polar surface area (TPSA) is 79.7 Å². The summed E-state index contributed by atoms with van der Waals surface area (Å²) in [4.78, 5) is 0. The maximum Gasteiger partial charge on any atom is 0.101 e. The third-order valence-corrected chi connectivity index (χ3v) is 3.34. The third kappa shape index (κ3) is 2.38. The summed E-state index contributed by atoms with van der Waals surface area (Å²) in [6, 6.07) is 7.48. The van der Waals surface area contributed by atoms with Crippen LogP contribution in [0.1, 0.15) is 22.5 Å². The molecule has 0 radical (unpaired) electrons. The Morgan fingerprint density at radius 2 is 2.16 bits per heavy atom. The van der Waals surface area contributed by atoms with E-state index in [1.807, 2.05) is 37.7 Å². The van der Waals surface area contributed by atoms with E-state index in [1.165, 1.54) is 0 Å². The van der Waals surface area contributed by atoms with Gasteiger partial charge in [-0.25, -0.2) is 0 Å². The molecule has 0 aliphatic heterocycles. The quantitative estimate of drug-likeness (QED) is 0.823. The molecule has 98 valence electrons. The number of nitrogens with one attached hydrogen (secondary N) is 1. The molecule has 0 aliphatic rings. The largest absolute Gasteiger partial charge is 0.396 e. The molecule has 0 amide bonds. The van der Waals surface area contributed by atoms with E-state index in [0.29, 0.717) is 17.8 Å². The molecular weight excluding hydrogens is 238 g/mol. The van der Waals surface area contributed by atoms with Crippen molar-refractivity contribution in [3.8, 4) is 6.07 Å². The molecule has 19 heavy (non-hydrogen) atoms. The number of nitrogens with zero attached hydrogens (tertiary/aromatic N) is 3. The van der Waals surface area contributed by atoms with Crippen LogP contribution in [-0.2, 0) is 13.6 Å². The van der Waals surface area contributed by atoms with Crippen LogP contribution in [0.3, 0.4) is 0 Å². The Morgan fingerprint density at radius 1 is 1.42 bits per heavy atom. The monoisotopic (exact) mass is 255 g/mol. The second kappa shape index (κ2) is 5.02. The molecule has 0 fully saturated rings. The summed E-state index contributed by atoms with van der Waals surface area (Å²) < 4.78 is 1.86. The number of nitriles is 1. The lowest BCUT2D eigenvalue weighted by Crippen LogP contribution is -2.05. The Balaban J connectivity index is 2.22. The number of hydrogen-bond donors (Lipinski definition) is 2. The molecule has 1 aromatic carbocycles. The zero-order valence-corrected chi connectivity index (χ0v) is 11.4. The van der Waals surface area contributed by atoms with Gasteiger partial charge in [-0.2, -0.15) is 10.4 Å². The Morgan fingerprint density at radius 3 is 2.74 bits per heavy atom. The molecule has 0 saturated heterocycles. The van der Waals surface area contributed by atoms with Crippen molar-refractivity contribution in [3.63, 3.8) is 0 Å². The van der Waals surface area contributed by atoms with Crippen LogP contribution < -0.4 is 11.1 Å². The normalized spacial score (nSPS) is 10.2. The Labute approximate surface area is 112 Å². The average Bonchev–Trinajstić information content (AvgIpc) is 2.63. The Bertz CT molecular complexity index is 649. The summed E-state index contributed by atoms with van der Waals surface area (Å²) in [6.07, 6.45) is 0. The lowest BCUT2D eigenvalue weighted by Gasteiger charge is -2.10. The number of para-hydroxylation sites is 1. The van der Waals surface area contributed by atoms with Crippen molar-refractivity contribution < 1.29 is 0 Å². The van der Waals surface area contributed by atoms with Crippen molar-refractivity contribution in [2.75, 3.05) is 11.1 Å². The number of aromatic nitrogens is 2. The number of anilines is 2. The van der Waals surface area contributed by atoms with Crippen molar-refractivity contribution >= 4 is 11.4 Å². The highest BCUT2D eigenvalue weighted by Crippen LogP contribution is 2.23. The molecule has 2 rings (SSSR count). The fourth-order valence-corrected chi connectivity index (χ4v) is 2.07. The van der Waals surface area contributed by atoms with Crippen molar-refractivity contribution in [2.45, 2.75) is 20.4 Å². The minimum atomic E-state index is 0.490. The molecule has 0 aliphatic carbocycles. The van der Waals surface area contributed by atoms with Crippen LogP contribution in [-0.4, -0.2) is 9.78 Å². The number of rotatable bonds is 3. The molecule has 5 heteroatoms. The second-order valence-electron chi connectivity index (χ2n) is 4.51. The summed E-state index contributed by atoms with van der Waals surface area (Å²) in [7, 11) is 1.93. The smallest absolute Gasteiger partial charge is 0.101 e. The maximum absolute atomic E-state index is 8.95. The van der Waals surface area contributed by atoms with Crippen LogP contribution in [0.15, 0.2) is 18.2 Å². The number of nitrogens with two attached hydrogens (primary N) is 1. The first-order valence-corrected chi connectivity index (χ1v) is 6.06. The number of hydrogen-bond acceptors (Lipinski definition) is 4. The SMILES string of the molecule is Cc1nn(C)c(C)c1CNc1cccc(C#N)c1N. The van der Waals surface area contributed by atoms with Crippen molar-refractivity contribution in [1.29, 1.82) is 5.26 Å². The number of benzene rings is 1. The molecule has 0 unspecified atom stereocenters. The highest BCUT2D eigenvalue weighted by molar-refractivity contribution is 5.72. The summed E-state index contributed by atoms with van der Waals surface area (Å²) >= 11 is 0. The van der Waals surface area contributed by atoms with Gasteiger partial charge in [-0.3, -0.25) is 4.68 Å². The fraction of sp³-hybridized carbons (Fsp3) is 0.286. The van der Waals surface area contributed by atoms with Crippen molar-refractivity contribution in [3.05, 3.63) is 40.7 Å². The van der Waals surface area contributed by atoms with E-state index in [2.05, 4.69) is 16.5 Å². The Hall–Kier alpha value is -2.48. The van der Waals surface area contributed by atoms with Gasteiger partial charge in [-0.05, 0) is 26.0 Å². The van der Waals surface area contributed by atoms with Gasteiger partial charge in [0.05, 0.1) is 22.6 Å². The van der Waals surface area contributed by atoms with Gasteiger partial charge >= 0.3 is 0 Å². The molecule has 5 nitrogen and oxygen atoms in total. The molecule has 0 bridgehead atoms. The standard InChI is InChI=1S/C14H17N5/c1-9-12(10(2)19(3)18-9)8-17-13-6-4-5-11(7-15)14(13)16/h4-6,17H,8,16H2,1-3H3. The predicted octanol–water partition coefficient (Wildman–Crippen LogP) is 2.10. The van der Waals surface area contributed by atoms with Crippen LogP contribution in [0.4, 0.5) is 11.4 Å². The first-order valence-electron chi connectivity index (χ1n) is 6.06. The first-order chi connectivity index (χ1) is 9.04. The van der Waals surface area contributed by atoms with Gasteiger partial charge < -0.3 is 11.1 Å². The molecule has 1 aromatic heterocycles. The van der Waals surface area contributed by atoms with Crippen molar-refractivity contribution in [1.82, 2.24) is 9.78 Å².